The quantitative estimate of drug-likeness (QED) is 0.771. The van der Waals surface area contributed by atoms with E-state index in [0.29, 0.717) is 13.1 Å². The van der Waals surface area contributed by atoms with Crippen LogP contribution in [-0.2, 0) is 22.9 Å². The maximum absolute atomic E-state index is 13.4. The van der Waals surface area contributed by atoms with E-state index in [0.717, 1.165) is 30.4 Å². The van der Waals surface area contributed by atoms with Gasteiger partial charge in [0, 0.05) is 32.7 Å². The van der Waals surface area contributed by atoms with Gasteiger partial charge in [0.25, 0.3) is 0 Å². The molecule has 1 aliphatic carbocycles. The molecule has 148 valence electrons. The summed E-state index contributed by atoms with van der Waals surface area (Å²) in [5.74, 6) is 0. The van der Waals surface area contributed by atoms with Gasteiger partial charge in [0.2, 0.25) is 10.0 Å². The fourth-order valence-corrected chi connectivity index (χ4v) is 4.52. The number of benzene rings is 1. The van der Waals surface area contributed by atoms with Gasteiger partial charge in [0.1, 0.15) is 6.04 Å². The zero-order valence-corrected chi connectivity index (χ0v) is 15.8. The largest absolute Gasteiger partial charge is 0.405 e. The summed E-state index contributed by atoms with van der Waals surface area (Å²) in [6.45, 7) is 0.729. The number of fused-ring (bicyclic) bond motifs is 1. The van der Waals surface area contributed by atoms with E-state index in [9.17, 15) is 21.6 Å². The molecular formula is C16H23ClF3N3O2S. The molecule has 1 aliphatic heterocycles. The Labute approximate surface area is 157 Å². The first-order chi connectivity index (χ1) is 11.8. The van der Waals surface area contributed by atoms with Crippen molar-refractivity contribution in [2.45, 2.75) is 36.4 Å². The third-order valence-corrected chi connectivity index (χ3v) is 6.24. The highest BCUT2D eigenvalue weighted by Gasteiger charge is 2.44. The van der Waals surface area contributed by atoms with Gasteiger partial charge < -0.3 is 5.32 Å². The zero-order chi connectivity index (χ0) is 18.1. The average molecular weight is 414 g/mol. The normalized spacial score (nSPS) is 19.7. The number of aryl methyl sites for hydroxylation is 2. The molecule has 0 spiro atoms. The predicted octanol–water partition coefficient (Wildman–Crippen LogP) is 1.71. The van der Waals surface area contributed by atoms with Gasteiger partial charge >= 0.3 is 6.18 Å². The van der Waals surface area contributed by atoms with Crippen molar-refractivity contribution in [1.82, 2.24) is 14.9 Å². The van der Waals surface area contributed by atoms with Crippen LogP contribution in [0.1, 0.15) is 17.5 Å². The second-order valence-corrected chi connectivity index (χ2v) is 8.25. The topological polar surface area (TPSA) is 61.4 Å². The molecule has 3 rings (SSSR count). The third-order valence-electron chi connectivity index (χ3n) is 4.82. The monoisotopic (exact) mass is 413 g/mol. The van der Waals surface area contributed by atoms with Gasteiger partial charge in [-0.2, -0.15) is 13.2 Å². The molecule has 1 aromatic carbocycles. The molecule has 1 fully saturated rings. The number of nitrogens with one attached hydrogen (secondary N) is 2. The molecule has 0 saturated carbocycles. The van der Waals surface area contributed by atoms with E-state index in [1.54, 1.807) is 12.1 Å². The number of piperazine rings is 1. The standard InChI is InChI=1S/C16H22F3N3O2S.ClH/c17-16(18,19)15(22-8-6-20-7-9-22)11-21-25(23,24)14-5-4-12-2-1-3-13(12)10-14;/h4-5,10,15,20-21H,1-3,6-9,11H2;1H. The van der Waals surface area contributed by atoms with E-state index in [-0.39, 0.29) is 30.4 Å². The lowest BCUT2D eigenvalue weighted by Crippen LogP contribution is -2.57. The Bertz CT molecular complexity index is 722. The number of hydrogen-bond acceptors (Lipinski definition) is 4. The highest BCUT2D eigenvalue weighted by atomic mass is 35.5. The highest BCUT2D eigenvalue weighted by molar-refractivity contribution is 7.89. The number of hydrogen-bond donors (Lipinski definition) is 2. The van der Waals surface area contributed by atoms with Crippen molar-refractivity contribution in [2.75, 3.05) is 32.7 Å². The van der Waals surface area contributed by atoms with Crippen molar-refractivity contribution in [1.29, 1.82) is 0 Å². The minimum absolute atomic E-state index is 0. The first kappa shape index (κ1) is 21.4. The number of nitrogens with zero attached hydrogens (tertiary/aromatic N) is 1. The van der Waals surface area contributed by atoms with Crippen LogP contribution in [0, 0.1) is 0 Å². The summed E-state index contributed by atoms with van der Waals surface area (Å²) in [7, 11) is -3.97. The fraction of sp³-hybridized carbons (Fsp3) is 0.625. The lowest BCUT2D eigenvalue weighted by molar-refractivity contribution is -0.182. The molecule has 0 amide bonds. The van der Waals surface area contributed by atoms with E-state index in [1.165, 1.54) is 11.0 Å². The molecule has 0 radical (unpaired) electrons. The summed E-state index contributed by atoms with van der Waals surface area (Å²) in [6, 6.07) is 2.99. The van der Waals surface area contributed by atoms with E-state index in [4.69, 9.17) is 0 Å². The van der Waals surface area contributed by atoms with Crippen molar-refractivity contribution < 1.29 is 21.6 Å². The van der Waals surface area contributed by atoms with Crippen LogP contribution in [0.25, 0.3) is 0 Å². The maximum Gasteiger partial charge on any atom is 0.405 e. The molecule has 26 heavy (non-hydrogen) atoms. The Morgan fingerprint density at radius 2 is 1.81 bits per heavy atom. The van der Waals surface area contributed by atoms with Crippen LogP contribution in [0.4, 0.5) is 13.2 Å². The van der Waals surface area contributed by atoms with Crippen LogP contribution < -0.4 is 10.0 Å². The van der Waals surface area contributed by atoms with Gasteiger partial charge in [-0.1, -0.05) is 6.07 Å². The molecule has 0 bridgehead atoms. The minimum atomic E-state index is -4.49. The molecular weight excluding hydrogens is 391 g/mol. The molecule has 10 heteroatoms. The zero-order valence-electron chi connectivity index (χ0n) is 14.2. The van der Waals surface area contributed by atoms with Crippen molar-refractivity contribution in [3.63, 3.8) is 0 Å². The number of sulfonamides is 1. The molecule has 2 aliphatic rings. The van der Waals surface area contributed by atoms with Gasteiger partial charge in [0.15, 0.2) is 0 Å². The maximum atomic E-state index is 13.4. The van der Waals surface area contributed by atoms with E-state index < -0.39 is 28.8 Å². The first-order valence-corrected chi connectivity index (χ1v) is 9.89. The summed E-state index contributed by atoms with van der Waals surface area (Å²) >= 11 is 0. The highest BCUT2D eigenvalue weighted by Crippen LogP contribution is 2.27. The summed E-state index contributed by atoms with van der Waals surface area (Å²) in [5.41, 5.74) is 2.09. The van der Waals surface area contributed by atoms with Crippen LogP contribution in [0.2, 0.25) is 0 Å². The smallest absolute Gasteiger partial charge is 0.314 e. The van der Waals surface area contributed by atoms with Crippen LogP contribution in [0.5, 0.6) is 0 Å². The van der Waals surface area contributed by atoms with Crippen LogP contribution in [-0.4, -0.2) is 58.3 Å². The summed E-state index contributed by atoms with van der Waals surface area (Å²) < 4.78 is 67.1. The molecule has 1 atom stereocenters. The van der Waals surface area contributed by atoms with Crippen molar-refractivity contribution in [2.24, 2.45) is 0 Å². The first-order valence-electron chi connectivity index (χ1n) is 8.40. The molecule has 1 saturated heterocycles. The predicted molar refractivity (Wildman–Crippen MR) is 95.2 cm³/mol. The van der Waals surface area contributed by atoms with Crippen LogP contribution >= 0.6 is 12.4 Å². The molecule has 5 nitrogen and oxygen atoms in total. The van der Waals surface area contributed by atoms with E-state index in [1.807, 2.05) is 0 Å². The van der Waals surface area contributed by atoms with Gasteiger partial charge in [0.05, 0.1) is 4.90 Å². The molecule has 2 N–H and O–H groups in total. The van der Waals surface area contributed by atoms with Crippen LogP contribution in [0.3, 0.4) is 0 Å². The summed E-state index contributed by atoms with van der Waals surface area (Å²) in [4.78, 5) is 1.32. The molecule has 1 heterocycles. The Morgan fingerprint density at radius 3 is 2.46 bits per heavy atom. The van der Waals surface area contributed by atoms with Crippen molar-refractivity contribution >= 4 is 22.4 Å². The number of halogens is 4. The summed E-state index contributed by atoms with van der Waals surface area (Å²) in [6.07, 6.45) is -1.78. The Balaban J connectivity index is 0.00000243. The van der Waals surface area contributed by atoms with Gasteiger partial charge in [-0.05, 0) is 42.5 Å². The van der Waals surface area contributed by atoms with Crippen molar-refractivity contribution in [3.8, 4) is 0 Å². The number of alkyl halides is 3. The SMILES string of the molecule is Cl.O=S(=O)(NCC(N1CCNCC1)C(F)(F)F)c1ccc2c(c1)CCC2. The molecule has 0 aromatic heterocycles. The third kappa shape index (κ3) is 4.89. The Hall–Kier alpha value is -0.870. The minimum Gasteiger partial charge on any atom is -0.314 e. The lowest BCUT2D eigenvalue weighted by Gasteiger charge is -2.35. The van der Waals surface area contributed by atoms with E-state index in [2.05, 4.69) is 10.0 Å². The van der Waals surface area contributed by atoms with E-state index >= 15 is 0 Å². The molecule has 1 unspecified atom stereocenters. The van der Waals surface area contributed by atoms with Gasteiger partial charge in [-0.3, -0.25) is 4.90 Å². The fourth-order valence-electron chi connectivity index (χ4n) is 3.43. The average Bonchev–Trinajstić information content (AvgIpc) is 3.02. The number of rotatable bonds is 5. The summed E-state index contributed by atoms with van der Waals surface area (Å²) in [5, 5.41) is 3.00. The Kier molecular flexibility index (Phi) is 6.95. The molecule has 1 aromatic rings. The Morgan fingerprint density at radius 1 is 1.15 bits per heavy atom. The lowest BCUT2D eigenvalue weighted by atomic mass is 10.1. The second-order valence-electron chi connectivity index (χ2n) is 6.48. The second kappa shape index (κ2) is 8.43. The van der Waals surface area contributed by atoms with Crippen molar-refractivity contribution in [3.05, 3.63) is 29.3 Å². The van der Waals surface area contributed by atoms with Gasteiger partial charge in [-0.25, -0.2) is 13.1 Å². The van der Waals surface area contributed by atoms with Gasteiger partial charge in [-0.15, -0.1) is 12.4 Å². The van der Waals surface area contributed by atoms with Crippen LogP contribution in [0.15, 0.2) is 23.1 Å².